The van der Waals surface area contributed by atoms with Gasteiger partial charge in [-0.25, -0.2) is 23.4 Å². The first-order chi connectivity index (χ1) is 13.8. The van der Waals surface area contributed by atoms with Crippen molar-refractivity contribution in [3.05, 3.63) is 41.5 Å². The minimum absolute atomic E-state index is 0.279. The molecular formula is C18H24N8O2S. The predicted octanol–water partition coefficient (Wildman–Crippen LogP) is 1.13. The highest BCUT2D eigenvalue weighted by Crippen LogP contribution is 2.24. The number of aromatic amines is 1. The maximum absolute atomic E-state index is 13.0. The Morgan fingerprint density at radius 3 is 2.21 bits per heavy atom. The lowest BCUT2D eigenvalue weighted by atomic mass is 10.3. The molecule has 0 bridgehead atoms. The normalized spacial score (nSPS) is 15.8. The molecule has 29 heavy (non-hydrogen) atoms. The van der Waals surface area contributed by atoms with Gasteiger partial charge in [-0.15, -0.1) is 0 Å². The number of piperazine rings is 1. The lowest BCUT2D eigenvalue weighted by Crippen LogP contribution is -2.49. The molecule has 4 rings (SSSR count). The van der Waals surface area contributed by atoms with Crippen molar-refractivity contribution in [2.45, 2.75) is 32.6 Å². The Hall–Kier alpha value is -2.79. The molecule has 4 heterocycles. The van der Waals surface area contributed by atoms with Crippen LogP contribution in [0.1, 0.15) is 22.8 Å². The second kappa shape index (κ2) is 7.23. The van der Waals surface area contributed by atoms with Crippen molar-refractivity contribution in [3.8, 4) is 5.82 Å². The van der Waals surface area contributed by atoms with Crippen LogP contribution in [0.4, 0.5) is 5.82 Å². The Balaban J connectivity index is 1.52. The second-order valence-corrected chi connectivity index (χ2v) is 9.05. The summed E-state index contributed by atoms with van der Waals surface area (Å²) in [6.45, 7) is 9.25. The summed E-state index contributed by atoms with van der Waals surface area (Å²) in [4.78, 5) is 15.4. The fourth-order valence-corrected chi connectivity index (χ4v) is 5.33. The predicted molar refractivity (Wildman–Crippen MR) is 108 cm³/mol. The van der Waals surface area contributed by atoms with E-state index in [4.69, 9.17) is 0 Å². The molecule has 0 aliphatic carbocycles. The molecule has 0 amide bonds. The minimum atomic E-state index is -3.57. The molecule has 0 atom stereocenters. The number of nitrogens with zero attached hydrogens (tertiary/aromatic N) is 7. The van der Waals surface area contributed by atoms with E-state index in [1.807, 2.05) is 24.5 Å². The van der Waals surface area contributed by atoms with Gasteiger partial charge in [0.15, 0.2) is 0 Å². The third-order valence-electron chi connectivity index (χ3n) is 5.36. The molecule has 0 saturated carbocycles. The summed E-state index contributed by atoms with van der Waals surface area (Å²) in [6.07, 6.45) is 3.28. The van der Waals surface area contributed by atoms with Crippen molar-refractivity contribution >= 4 is 15.8 Å². The first kappa shape index (κ1) is 19.5. The molecule has 11 heteroatoms. The van der Waals surface area contributed by atoms with Gasteiger partial charge in [0.25, 0.3) is 0 Å². The molecule has 3 aromatic rings. The summed E-state index contributed by atoms with van der Waals surface area (Å²) in [6, 6.07) is 1.91. The Kier molecular flexibility index (Phi) is 4.87. The minimum Gasteiger partial charge on any atom is -0.354 e. The Labute approximate surface area is 169 Å². The summed E-state index contributed by atoms with van der Waals surface area (Å²) in [5, 5.41) is 6.78. The number of sulfonamides is 1. The lowest BCUT2D eigenvalue weighted by molar-refractivity contribution is 0.383. The standard InChI is InChI=1S/C18H24N8O2S/c1-12-15(4)26(11-21-12)17-9-16(19-10-20-17)24-5-7-25(8-6-24)29(27,28)18-13(2)22-23-14(18)3/h9-11H,5-8H2,1-4H3,(H,22,23). The molecule has 0 aromatic carbocycles. The fraction of sp³-hybridized carbons (Fsp3) is 0.444. The maximum Gasteiger partial charge on any atom is 0.246 e. The number of aromatic nitrogens is 6. The van der Waals surface area contributed by atoms with Crippen molar-refractivity contribution in [2.75, 3.05) is 31.1 Å². The van der Waals surface area contributed by atoms with Crippen LogP contribution >= 0.6 is 0 Å². The van der Waals surface area contributed by atoms with Gasteiger partial charge in [-0.1, -0.05) is 0 Å². The van der Waals surface area contributed by atoms with Crippen LogP contribution in [-0.2, 0) is 10.0 Å². The van der Waals surface area contributed by atoms with Crippen LogP contribution in [0.5, 0.6) is 0 Å². The van der Waals surface area contributed by atoms with Crippen LogP contribution in [0, 0.1) is 27.7 Å². The van der Waals surface area contributed by atoms with Crippen LogP contribution in [0.15, 0.2) is 23.6 Å². The lowest BCUT2D eigenvalue weighted by Gasteiger charge is -2.34. The van der Waals surface area contributed by atoms with E-state index in [1.54, 1.807) is 20.2 Å². The molecule has 1 saturated heterocycles. The van der Waals surface area contributed by atoms with Crippen molar-refractivity contribution in [2.24, 2.45) is 0 Å². The highest BCUT2D eigenvalue weighted by atomic mass is 32.2. The average Bonchev–Trinajstić information content (AvgIpc) is 3.23. The van der Waals surface area contributed by atoms with E-state index in [1.165, 1.54) is 10.6 Å². The van der Waals surface area contributed by atoms with Crippen LogP contribution in [0.2, 0.25) is 0 Å². The van der Waals surface area contributed by atoms with E-state index in [0.717, 1.165) is 23.0 Å². The van der Waals surface area contributed by atoms with E-state index >= 15 is 0 Å². The molecule has 1 N–H and O–H groups in total. The van der Waals surface area contributed by atoms with Gasteiger partial charge in [-0.3, -0.25) is 9.67 Å². The number of imidazole rings is 1. The van der Waals surface area contributed by atoms with Gasteiger partial charge < -0.3 is 4.90 Å². The maximum atomic E-state index is 13.0. The average molecular weight is 417 g/mol. The molecule has 0 spiro atoms. The Morgan fingerprint density at radius 2 is 1.62 bits per heavy atom. The molecule has 1 aliphatic rings. The molecule has 0 unspecified atom stereocenters. The summed E-state index contributed by atoms with van der Waals surface area (Å²) in [5.74, 6) is 1.52. The molecule has 3 aromatic heterocycles. The monoisotopic (exact) mass is 416 g/mol. The van der Waals surface area contributed by atoms with Crippen molar-refractivity contribution in [1.29, 1.82) is 0 Å². The first-order valence-electron chi connectivity index (χ1n) is 9.38. The topological polar surface area (TPSA) is 113 Å². The van der Waals surface area contributed by atoms with Crippen LogP contribution < -0.4 is 4.90 Å². The zero-order valence-corrected chi connectivity index (χ0v) is 17.7. The van der Waals surface area contributed by atoms with Gasteiger partial charge in [0.1, 0.15) is 29.2 Å². The third kappa shape index (κ3) is 3.40. The highest BCUT2D eigenvalue weighted by molar-refractivity contribution is 7.89. The van der Waals surface area contributed by atoms with Crippen molar-refractivity contribution < 1.29 is 8.42 Å². The molecule has 1 fully saturated rings. The number of hydrogen-bond donors (Lipinski definition) is 1. The van der Waals surface area contributed by atoms with Gasteiger partial charge in [-0.05, 0) is 27.7 Å². The number of nitrogens with one attached hydrogen (secondary N) is 1. The van der Waals surface area contributed by atoms with E-state index in [0.29, 0.717) is 37.6 Å². The largest absolute Gasteiger partial charge is 0.354 e. The summed E-state index contributed by atoms with van der Waals surface area (Å²) in [5.41, 5.74) is 3.04. The molecular weight excluding hydrogens is 392 g/mol. The Bertz CT molecular complexity index is 1120. The zero-order valence-electron chi connectivity index (χ0n) is 16.9. The fourth-order valence-electron chi connectivity index (χ4n) is 3.58. The summed E-state index contributed by atoms with van der Waals surface area (Å²) in [7, 11) is -3.57. The van der Waals surface area contributed by atoms with Gasteiger partial charge in [0, 0.05) is 37.9 Å². The third-order valence-corrected chi connectivity index (χ3v) is 7.52. The van der Waals surface area contributed by atoms with Crippen LogP contribution in [-0.4, -0.2) is 68.6 Å². The van der Waals surface area contributed by atoms with Crippen LogP contribution in [0.3, 0.4) is 0 Å². The number of H-pyrrole nitrogens is 1. The zero-order chi connectivity index (χ0) is 20.8. The molecule has 154 valence electrons. The SMILES string of the molecule is Cc1n[nH]c(C)c1S(=O)(=O)N1CCN(c2cc(-n3cnc(C)c3C)ncn2)CC1. The van der Waals surface area contributed by atoms with E-state index < -0.39 is 10.0 Å². The quantitative estimate of drug-likeness (QED) is 0.678. The first-order valence-corrected chi connectivity index (χ1v) is 10.8. The summed E-state index contributed by atoms with van der Waals surface area (Å²) >= 11 is 0. The number of hydrogen-bond acceptors (Lipinski definition) is 7. The summed E-state index contributed by atoms with van der Waals surface area (Å²) < 4.78 is 29.5. The molecule has 10 nitrogen and oxygen atoms in total. The number of anilines is 1. The smallest absolute Gasteiger partial charge is 0.246 e. The van der Waals surface area contributed by atoms with Crippen LogP contribution in [0.25, 0.3) is 5.82 Å². The van der Waals surface area contributed by atoms with E-state index in [2.05, 4.69) is 30.0 Å². The van der Waals surface area contributed by atoms with Gasteiger partial charge in [0.2, 0.25) is 10.0 Å². The Morgan fingerprint density at radius 1 is 0.931 bits per heavy atom. The van der Waals surface area contributed by atoms with Gasteiger partial charge in [-0.2, -0.15) is 9.40 Å². The molecule has 0 radical (unpaired) electrons. The second-order valence-electron chi connectivity index (χ2n) is 7.17. The number of rotatable bonds is 4. The van der Waals surface area contributed by atoms with Gasteiger partial charge >= 0.3 is 0 Å². The van der Waals surface area contributed by atoms with E-state index in [9.17, 15) is 8.42 Å². The van der Waals surface area contributed by atoms with E-state index in [-0.39, 0.29) is 4.90 Å². The highest BCUT2D eigenvalue weighted by Gasteiger charge is 2.32. The van der Waals surface area contributed by atoms with Crippen molar-refractivity contribution in [3.63, 3.8) is 0 Å². The van der Waals surface area contributed by atoms with Crippen molar-refractivity contribution in [1.82, 2.24) is 34.0 Å². The number of aryl methyl sites for hydroxylation is 3. The molecule has 1 aliphatic heterocycles. The van der Waals surface area contributed by atoms with Gasteiger partial charge in [0.05, 0.1) is 17.1 Å².